The van der Waals surface area contributed by atoms with Gasteiger partial charge in [-0.2, -0.15) is 5.06 Å². The van der Waals surface area contributed by atoms with Crippen molar-refractivity contribution in [1.82, 2.24) is 5.06 Å². The lowest BCUT2D eigenvalue weighted by Crippen LogP contribution is -2.67. The summed E-state index contributed by atoms with van der Waals surface area (Å²) >= 11 is 0. The smallest absolute Gasteiger partial charge is 0.304 e. The summed E-state index contributed by atoms with van der Waals surface area (Å²) in [5, 5.41) is 4.17. The lowest BCUT2D eigenvalue weighted by Gasteiger charge is -2.43. The molecule has 1 saturated heterocycles. The Bertz CT molecular complexity index is 767. The van der Waals surface area contributed by atoms with E-state index in [1.54, 1.807) is 5.06 Å². The highest BCUT2D eigenvalue weighted by Crippen LogP contribution is 2.37. The van der Waals surface area contributed by atoms with Gasteiger partial charge in [0.2, 0.25) is 6.29 Å². The summed E-state index contributed by atoms with van der Waals surface area (Å²) in [4.78, 5) is 17.0. The van der Waals surface area contributed by atoms with Crippen molar-refractivity contribution >= 4 is 24.7 Å². The summed E-state index contributed by atoms with van der Waals surface area (Å²) in [6.07, 6.45) is 0.0409. The average Bonchev–Trinajstić information content (AvgIpc) is 3.01. The topological polar surface area (TPSA) is 48.0 Å². The van der Waals surface area contributed by atoms with E-state index in [4.69, 9.17) is 14.0 Å². The molecule has 3 rings (SSSR count). The molecule has 0 spiro atoms. The monoisotopic (exact) mass is 413 g/mol. The Kier molecular flexibility index (Phi) is 6.58. The number of carbonyl (C=O) groups excluding carboxylic acids is 1. The van der Waals surface area contributed by atoms with E-state index in [1.165, 1.54) is 17.3 Å². The highest BCUT2D eigenvalue weighted by atomic mass is 28.4. The van der Waals surface area contributed by atoms with Crippen LogP contribution in [0.15, 0.2) is 60.7 Å². The van der Waals surface area contributed by atoms with E-state index in [9.17, 15) is 4.79 Å². The van der Waals surface area contributed by atoms with Crippen molar-refractivity contribution in [1.29, 1.82) is 0 Å². The van der Waals surface area contributed by atoms with E-state index in [0.29, 0.717) is 13.0 Å². The van der Waals surface area contributed by atoms with E-state index in [2.05, 4.69) is 69.3 Å². The Morgan fingerprint density at radius 1 is 1.07 bits per heavy atom. The molecule has 0 aliphatic carbocycles. The number of benzene rings is 2. The molecular formula is C23H31NO4Si. The highest BCUT2D eigenvalue weighted by molar-refractivity contribution is 6.99. The maximum Gasteiger partial charge on any atom is 0.304 e. The largest absolute Gasteiger partial charge is 0.434 e. The van der Waals surface area contributed by atoms with Crippen molar-refractivity contribution in [3.05, 3.63) is 60.7 Å². The Hall–Kier alpha value is -1.99. The highest BCUT2D eigenvalue weighted by Gasteiger charge is 2.51. The number of hydroxylamine groups is 2. The summed E-state index contributed by atoms with van der Waals surface area (Å²) in [6.45, 7) is 8.68. The van der Waals surface area contributed by atoms with Gasteiger partial charge in [0, 0.05) is 20.4 Å². The number of rotatable bonds is 6. The van der Waals surface area contributed by atoms with Gasteiger partial charge in [-0.3, -0.25) is 9.63 Å². The molecule has 2 aromatic carbocycles. The van der Waals surface area contributed by atoms with Crippen LogP contribution < -0.4 is 10.4 Å². The summed E-state index contributed by atoms with van der Waals surface area (Å²) in [6, 6.07) is 21.1. The van der Waals surface area contributed by atoms with E-state index < -0.39 is 14.6 Å². The minimum atomic E-state index is -2.59. The van der Waals surface area contributed by atoms with Gasteiger partial charge in [-0.1, -0.05) is 81.4 Å². The third kappa shape index (κ3) is 4.61. The molecule has 1 heterocycles. The van der Waals surface area contributed by atoms with E-state index in [0.717, 1.165) is 0 Å². The van der Waals surface area contributed by atoms with Crippen molar-refractivity contribution in [2.75, 3.05) is 13.7 Å². The zero-order chi connectivity index (χ0) is 21.1. The first-order valence-electron chi connectivity index (χ1n) is 10.1. The minimum Gasteiger partial charge on any atom is -0.434 e. The fourth-order valence-corrected chi connectivity index (χ4v) is 8.69. The molecule has 0 amide bonds. The predicted octanol–water partition coefficient (Wildman–Crippen LogP) is 3.09. The molecular weight excluding hydrogens is 382 g/mol. The molecule has 1 fully saturated rings. The number of hydrogen-bond donors (Lipinski definition) is 0. The van der Waals surface area contributed by atoms with Gasteiger partial charge in [0.25, 0.3) is 8.32 Å². The van der Waals surface area contributed by atoms with E-state index >= 15 is 0 Å². The van der Waals surface area contributed by atoms with Crippen molar-refractivity contribution in [3.63, 3.8) is 0 Å². The first kappa shape index (κ1) is 21.7. The minimum absolute atomic E-state index is 0.0148. The predicted molar refractivity (Wildman–Crippen MR) is 116 cm³/mol. The standard InChI is InChI=1S/C23H31NO4Si/c1-18(25)27-22-16-19(24(5)28-22)17-26-29(23(2,3)4,20-12-8-6-9-13-20)21-14-10-7-11-15-21/h6-15,19,22H,16-17H2,1-5H3/t19-,22?/m1/s1. The van der Waals surface area contributed by atoms with Crippen molar-refractivity contribution in [3.8, 4) is 0 Å². The fourth-order valence-electron chi connectivity index (χ4n) is 4.10. The molecule has 0 aromatic heterocycles. The van der Waals surface area contributed by atoms with Crippen molar-refractivity contribution in [2.24, 2.45) is 0 Å². The van der Waals surface area contributed by atoms with Crippen molar-refractivity contribution < 1.29 is 18.8 Å². The van der Waals surface area contributed by atoms with Gasteiger partial charge >= 0.3 is 5.97 Å². The molecule has 156 valence electrons. The third-order valence-corrected chi connectivity index (χ3v) is 10.5. The second-order valence-corrected chi connectivity index (χ2v) is 12.9. The molecule has 5 nitrogen and oxygen atoms in total. The molecule has 6 heteroatoms. The Balaban J connectivity index is 1.93. The van der Waals surface area contributed by atoms with Crippen LogP contribution in [0.25, 0.3) is 0 Å². The maximum absolute atomic E-state index is 11.3. The molecule has 0 bridgehead atoms. The third-order valence-electron chi connectivity index (χ3n) is 5.47. The van der Waals surface area contributed by atoms with Gasteiger partial charge in [0.15, 0.2) is 0 Å². The number of hydrogen-bond acceptors (Lipinski definition) is 5. The summed E-state index contributed by atoms with van der Waals surface area (Å²) < 4.78 is 12.2. The molecule has 29 heavy (non-hydrogen) atoms. The molecule has 0 radical (unpaired) electrons. The van der Waals surface area contributed by atoms with Crippen molar-refractivity contribution in [2.45, 2.75) is 51.5 Å². The summed E-state index contributed by atoms with van der Waals surface area (Å²) in [5.74, 6) is -0.336. The SMILES string of the molecule is CC(=O)OC1C[C@H](CO[Si](c2ccccc2)(c2ccccc2)C(C)(C)C)N(C)O1. The number of likely N-dealkylation sites (N-methyl/N-ethyl adjacent to an activating group) is 1. The molecule has 2 atom stereocenters. The van der Waals surface area contributed by atoms with Crippen LogP contribution in [0.2, 0.25) is 5.04 Å². The summed E-state index contributed by atoms with van der Waals surface area (Å²) in [5.41, 5.74) is 0. The van der Waals surface area contributed by atoms with Crippen LogP contribution in [0.4, 0.5) is 0 Å². The van der Waals surface area contributed by atoms with Gasteiger partial charge in [-0.15, -0.1) is 0 Å². The Morgan fingerprint density at radius 2 is 1.59 bits per heavy atom. The summed E-state index contributed by atoms with van der Waals surface area (Å²) in [7, 11) is -0.726. The van der Waals surface area contributed by atoms with Crippen LogP contribution in [-0.2, 0) is 18.8 Å². The number of nitrogens with zero attached hydrogens (tertiary/aromatic N) is 1. The van der Waals surface area contributed by atoms with Gasteiger partial charge < -0.3 is 9.16 Å². The Morgan fingerprint density at radius 3 is 2.03 bits per heavy atom. The second kappa shape index (κ2) is 8.79. The van der Waals surface area contributed by atoms with Crippen LogP contribution in [-0.4, -0.2) is 45.3 Å². The maximum atomic E-state index is 11.3. The first-order valence-corrected chi connectivity index (χ1v) is 12.0. The Labute approximate surface area is 174 Å². The van der Waals surface area contributed by atoms with Crippen LogP contribution in [0.1, 0.15) is 34.1 Å². The number of ether oxygens (including phenoxy) is 1. The number of carbonyl (C=O) groups is 1. The molecule has 0 N–H and O–H groups in total. The molecule has 2 aromatic rings. The van der Waals surface area contributed by atoms with Gasteiger partial charge in [-0.25, -0.2) is 0 Å². The van der Waals surface area contributed by atoms with Crippen LogP contribution in [0.3, 0.4) is 0 Å². The van der Waals surface area contributed by atoms with Gasteiger partial charge in [0.05, 0.1) is 12.6 Å². The molecule has 0 saturated carbocycles. The second-order valence-electron chi connectivity index (χ2n) is 8.55. The first-order chi connectivity index (χ1) is 13.7. The zero-order valence-electron chi connectivity index (χ0n) is 17.9. The lowest BCUT2D eigenvalue weighted by atomic mass is 10.2. The normalized spacial score (nSPS) is 20.6. The quantitative estimate of drug-likeness (QED) is 0.538. The molecule has 1 aliphatic heterocycles. The van der Waals surface area contributed by atoms with Crippen LogP contribution in [0, 0.1) is 0 Å². The zero-order valence-corrected chi connectivity index (χ0v) is 18.9. The molecule has 1 aliphatic rings. The van der Waals surface area contributed by atoms with E-state index in [1.807, 2.05) is 19.2 Å². The number of esters is 1. The average molecular weight is 414 g/mol. The fraction of sp³-hybridized carbons (Fsp3) is 0.435. The molecule has 1 unspecified atom stereocenters. The van der Waals surface area contributed by atoms with Gasteiger partial charge in [0.1, 0.15) is 0 Å². The lowest BCUT2D eigenvalue weighted by molar-refractivity contribution is -0.226. The van der Waals surface area contributed by atoms with Crippen LogP contribution >= 0.6 is 0 Å². The van der Waals surface area contributed by atoms with Gasteiger partial charge in [-0.05, 0) is 15.4 Å². The van der Waals surface area contributed by atoms with Crippen LogP contribution in [0.5, 0.6) is 0 Å². The van der Waals surface area contributed by atoms with E-state index in [-0.39, 0.29) is 17.0 Å².